The number of phenolic OH excluding ortho intramolecular Hbond substituents is 1. The van der Waals surface area contributed by atoms with E-state index in [4.69, 9.17) is 4.74 Å². The molecule has 0 bridgehead atoms. The van der Waals surface area contributed by atoms with Gasteiger partial charge in [-0.1, -0.05) is 31.7 Å². The molecule has 1 aromatic rings. The zero-order valence-electron chi connectivity index (χ0n) is 12.0. The third kappa shape index (κ3) is 3.87. The number of hydrogen-bond donors (Lipinski definition) is 2. The summed E-state index contributed by atoms with van der Waals surface area (Å²) in [5.74, 6) is 1.67. The summed E-state index contributed by atoms with van der Waals surface area (Å²) in [7, 11) is 1.58. The first-order chi connectivity index (χ1) is 9.20. The summed E-state index contributed by atoms with van der Waals surface area (Å²) in [6, 6.07) is 5.84. The molecule has 19 heavy (non-hydrogen) atoms. The lowest BCUT2D eigenvalue weighted by Crippen LogP contribution is -2.21. The minimum Gasteiger partial charge on any atom is -0.504 e. The molecule has 0 spiro atoms. The predicted octanol–water partition coefficient (Wildman–Crippen LogP) is 3.63. The molecule has 3 nitrogen and oxygen atoms in total. The van der Waals surface area contributed by atoms with Crippen LogP contribution in [0.25, 0.3) is 0 Å². The Hall–Kier alpha value is -1.22. The number of methoxy groups -OCH3 is 1. The molecule has 2 N–H and O–H groups in total. The molecule has 3 heteroatoms. The van der Waals surface area contributed by atoms with E-state index in [1.807, 2.05) is 12.1 Å². The molecule has 2 rings (SSSR count). The molecule has 1 unspecified atom stereocenters. The van der Waals surface area contributed by atoms with Crippen LogP contribution in [0.3, 0.4) is 0 Å². The topological polar surface area (TPSA) is 41.5 Å². The lowest BCUT2D eigenvalue weighted by molar-refractivity contribution is 0.372. The van der Waals surface area contributed by atoms with Gasteiger partial charge >= 0.3 is 0 Å². The number of hydrogen-bond acceptors (Lipinski definition) is 3. The van der Waals surface area contributed by atoms with Gasteiger partial charge < -0.3 is 15.2 Å². The highest BCUT2D eigenvalue weighted by molar-refractivity contribution is 5.42. The van der Waals surface area contributed by atoms with Crippen molar-refractivity contribution in [2.24, 2.45) is 5.92 Å². The average Bonchev–Trinajstić information content (AvgIpc) is 2.92. The van der Waals surface area contributed by atoms with Crippen LogP contribution in [-0.4, -0.2) is 18.8 Å². The Balaban J connectivity index is 1.83. The SMILES string of the molecule is COc1cc(C(C)NCCC2CCCC2)ccc1O. The third-order valence-corrected chi connectivity index (χ3v) is 4.18. The molecule has 0 aliphatic heterocycles. The number of benzene rings is 1. The maximum Gasteiger partial charge on any atom is 0.160 e. The standard InChI is InChI=1S/C16H25NO2/c1-12(17-10-9-13-5-3-4-6-13)14-7-8-15(18)16(11-14)19-2/h7-8,11-13,17-18H,3-6,9-10H2,1-2H3. The van der Waals surface area contributed by atoms with Crippen molar-refractivity contribution >= 4 is 0 Å². The van der Waals surface area contributed by atoms with E-state index in [0.717, 1.165) is 18.0 Å². The molecule has 0 radical (unpaired) electrons. The van der Waals surface area contributed by atoms with Crippen LogP contribution in [-0.2, 0) is 0 Å². The second-order valence-corrected chi connectivity index (χ2v) is 5.55. The van der Waals surface area contributed by atoms with Gasteiger partial charge in [0.05, 0.1) is 7.11 Å². The first kappa shape index (κ1) is 14.2. The highest BCUT2D eigenvalue weighted by Gasteiger charge is 2.15. The van der Waals surface area contributed by atoms with Crippen LogP contribution in [0.5, 0.6) is 11.5 Å². The Morgan fingerprint density at radius 1 is 1.37 bits per heavy atom. The van der Waals surface area contributed by atoms with Crippen LogP contribution >= 0.6 is 0 Å². The van der Waals surface area contributed by atoms with Gasteiger partial charge in [-0.25, -0.2) is 0 Å². The van der Waals surface area contributed by atoms with E-state index in [1.54, 1.807) is 13.2 Å². The summed E-state index contributed by atoms with van der Waals surface area (Å²) in [6.07, 6.45) is 6.91. The normalized spacial score (nSPS) is 17.6. The van der Waals surface area contributed by atoms with Crippen LogP contribution in [0.4, 0.5) is 0 Å². The third-order valence-electron chi connectivity index (χ3n) is 4.18. The van der Waals surface area contributed by atoms with Gasteiger partial charge in [0.15, 0.2) is 11.5 Å². The summed E-state index contributed by atoms with van der Waals surface area (Å²) < 4.78 is 5.14. The van der Waals surface area contributed by atoms with E-state index < -0.39 is 0 Å². The highest BCUT2D eigenvalue weighted by Crippen LogP contribution is 2.29. The van der Waals surface area contributed by atoms with E-state index in [1.165, 1.54) is 32.1 Å². The summed E-state index contributed by atoms with van der Waals surface area (Å²) in [5, 5.41) is 13.2. The number of phenols is 1. The quantitative estimate of drug-likeness (QED) is 0.823. The van der Waals surface area contributed by atoms with Gasteiger partial charge in [0.2, 0.25) is 0 Å². The molecule has 0 heterocycles. The Morgan fingerprint density at radius 2 is 2.11 bits per heavy atom. The van der Waals surface area contributed by atoms with E-state index >= 15 is 0 Å². The van der Waals surface area contributed by atoms with Crippen molar-refractivity contribution in [3.8, 4) is 11.5 Å². The molecule has 1 aliphatic rings. The minimum atomic E-state index is 0.199. The van der Waals surface area contributed by atoms with Gasteiger partial charge in [-0.15, -0.1) is 0 Å². The zero-order valence-corrected chi connectivity index (χ0v) is 12.0. The minimum absolute atomic E-state index is 0.199. The van der Waals surface area contributed by atoms with Gasteiger partial charge in [0.25, 0.3) is 0 Å². The molecule has 106 valence electrons. The molecule has 1 atom stereocenters. The van der Waals surface area contributed by atoms with E-state index in [2.05, 4.69) is 12.2 Å². The Kier molecular flexibility index (Phi) is 5.08. The first-order valence-electron chi connectivity index (χ1n) is 7.31. The monoisotopic (exact) mass is 263 g/mol. The Labute approximate surface area is 116 Å². The molecule has 1 aliphatic carbocycles. The van der Waals surface area contributed by atoms with Crippen molar-refractivity contribution < 1.29 is 9.84 Å². The van der Waals surface area contributed by atoms with Crippen molar-refractivity contribution in [1.82, 2.24) is 5.32 Å². The van der Waals surface area contributed by atoms with Crippen LogP contribution in [0.1, 0.15) is 50.6 Å². The van der Waals surface area contributed by atoms with Gasteiger partial charge in [0.1, 0.15) is 0 Å². The molecule has 0 saturated heterocycles. The van der Waals surface area contributed by atoms with E-state index in [9.17, 15) is 5.11 Å². The van der Waals surface area contributed by atoms with Gasteiger partial charge in [-0.3, -0.25) is 0 Å². The maximum absolute atomic E-state index is 9.59. The number of nitrogens with one attached hydrogen (secondary N) is 1. The van der Waals surface area contributed by atoms with Crippen LogP contribution in [0.15, 0.2) is 18.2 Å². The van der Waals surface area contributed by atoms with E-state index in [-0.39, 0.29) is 11.8 Å². The molecule has 1 aromatic carbocycles. The lowest BCUT2D eigenvalue weighted by atomic mass is 10.0. The fourth-order valence-electron chi connectivity index (χ4n) is 2.88. The Bertz CT molecular complexity index is 400. The summed E-state index contributed by atoms with van der Waals surface area (Å²) in [4.78, 5) is 0. The molecule has 0 aromatic heterocycles. The van der Waals surface area contributed by atoms with Crippen molar-refractivity contribution in [3.05, 3.63) is 23.8 Å². The van der Waals surface area contributed by atoms with Crippen LogP contribution in [0, 0.1) is 5.92 Å². The largest absolute Gasteiger partial charge is 0.504 e. The molecular weight excluding hydrogens is 238 g/mol. The molecule has 0 amide bonds. The van der Waals surface area contributed by atoms with Crippen molar-refractivity contribution in [2.75, 3.05) is 13.7 Å². The Morgan fingerprint density at radius 3 is 2.79 bits per heavy atom. The smallest absolute Gasteiger partial charge is 0.160 e. The van der Waals surface area contributed by atoms with Crippen LogP contribution in [0.2, 0.25) is 0 Å². The fraction of sp³-hybridized carbons (Fsp3) is 0.625. The molecule has 1 saturated carbocycles. The summed E-state index contributed by atoms with van der Waals surface area (Å²) >= 11 is 0. The van der Waals surface area contributed by atoms with Crippen molar-refractivity contribution in [2.45, 2.75) is 45.1 Å². The van der Waals surface area contributed by atoms with E-state index in [0.29, 0.717) is 5.75 Å². The predicted molar refractivity (Wildman–Crippen MR) is 77.7 cm³/mol. The van der Waals surface area contributed by atoms with Crippen molar-refractivity contribution in [1.29, 1.82) is 0 Å². The summed E-state index contributed by atoms with van der Waals surface area (Å²) in [5.41, 5.74) is 1.15. The number of aromatic hydroxyl groups is 1. The second kappa shape index (κ2) is 6.80. The second-order valence-electron chi connectivity index (χ2n) is 5.55. The van der Waals surface area contributed by atoms with Crippen LogP contribution < -0.4 is 10.1 Å². The fourth-order valence-corrected chi connectivity index (χ4v) is 2.88. The number of ether oxygens (including phenoxy) is 1. The molecule has 1 fully saturated rings. The lowest BCUT2D eigenvalue weighted by Gasteiger charge is -2.17. The maximum atomic E-state index is 9.59. The van der Waals surface area contributed by atoms with Gasteiger partial charge in [0, 0.05) is 6.04 Å². The first-order valence-corrected chi connectivity index (χ1v) is 7.31. The molecular formula is C16H25NO2. The van der Waals surface area contributed by atoms with Gasteiger partial charge in [-0.05, 0) is 43.5 Å². The van der Waals surface area contributed by atoms with Gasteiger partial charge in [-0.2, -0.15) is 0 Å². The zero-order chi connectivity index (χ0) is 13.7. The highest BCUT2D eigenvalue weighted by atomic mass is 16.5. The number of rotatable bonds is 6. The van der Waals surface area contributed by atoms with Crippen molar-refractivity contribution in [3.63, 3.8) is 0 Å². The summed E-state index contributed by atoms with van der Waals surface area (Å²) in [6.45, 7) is 3.22. The average molecular weight is 263 g/mol.